The van der Waals surface area contributed by atoms with E-state index in [1.807, 2.05) is 6.92 Å². The fourth-order valence-electron chi connectivity index (χ4n) is 2.80. The highest BCUT2D eigenvalue weighted by molar-refractivity contribution is 5.71. The van der Waals surface area contributed by atoms with Crippen molar-refractivity contribution in [3.05, 3.63) is 0 Å². The number of ether oxygens (including phenoxy) is 3. The zero-order valence-electron chi connectivity index (χ0n) is 14.0. The maximum atomic E-state index is 11.6. The summed E-state index contributed by atoms with van der Waals surface area (Å²) in [5, 5.41) is 9.50. The van der Waals surface area contributed by atoms with Gasteiger partial charge in [-0.2, -0.15) is 0 Å². The normalized spacial score (nSPS) is 27.6. The summed E-state index contributed by atoms with van der Waals surface area (Å²) in [6.45, 7) is 5.13. The molecule has 0 radical (unpaired) electrons. The number of rotatable bonds is 10. The standard InChI is InChI=1S/C16H29NO6/c1-3-5-7-21-13-10-11(23-16(17)20)9-12(15(18)19)14(13)22-8-6-4-2/h11-14H,3-10H2,1-2H3,(H2,17,20)(H,18,19)/t11-,12-,13+,14+/m0/s1. The summed E-state index contributed by atoms with van der Waals surface area (Å²) >= 11 is 0. The van der Waals surface area contributed by atoms with Crippen LogP contribution in [0.3, 0.4) is 0 Å². The number of hydrogen-bond acceptors (Lipinski definition) is 5. The average molecular weight is 331 g/mol. The van der Waals surface area contributed by atoms with Crippen LogP contribution in [-0.2, 0) is 19.0 Å². The Hall–Kier alpha value is -1.34. The number of nitrogens with two attached hydrogens (primary N) is 1. The van der Waals surface area contributed by atoms with Crippen molar-refractivity contribution < 1.29 is 28.9 Å². The van der Waals surface area contributed by atoms with Gasteiger partial charge in [0.1, 0.15) is 6.10 Å². The van der Waals surface area contributed by atoms with Crippen LogP contribution in [-0.4, -0.2) is 48.7 Å². The molecule has 3 N–H and O–H groups in total. The van der Waals surface area contributed by atoms with Crippen molar-refractivity contribution in [3.8, 4) is 0 Å². The SMILES string of the molecule is CCCCO[C@@H]1[C@@H](C(=O)O)C[C@H](OC(N)=O)C[C@H]1OCCCC. The summed E-state index contributed by atoms with van der Waals surface area (Å²) in [5.74, 6) is -1.73. The van der Waals surface area contributed by atoms with E-state index >= 15 is 0 Å². The fourth-order valence-corrected chi connectivity index (χ4v) is 2.80. The van der Waals surface area contributed by atoms with Crippen LogP contribution in [0.1, 0.15) is 52.4 Å². The van der Waals surface area contributed by atoms with Gasteiger partial charge in [0.05, 0.1) is 18.1 Å². The van der Waals surface area contributed by atoms with Gasteiger partial charge in [0.2, 0.25) is 0 Å². The number of hydrogen-bond donors (Lipinski definition) is 2. The highest BCUT2D eigenvalue weighted by atomic mass is 16.6. The second-order valence-electron chi connectivity index (χ2n) is 5.93. The van der Waals surface area contributed by atoms with Gasteiger partial charge in [0.25, 0.3) is 0 Å². The third kappa shape index (κ3) is 6.74. The molecule has 0 aromatic rings. The molecular weight excluding hydrogens is 302 g/mol. The lowest BCUT2D eigenvalue weighted by Crippen LogP contribution is -2.50. The molecule has 0 spiro atoms. The molecule has 0 saturated heterocycles. The third-order valence-electron chi connectivity index (χ3n) is 4.01. The number of carbonyl (C=O) groups excluding carboxylic acids is 1. The lowest BCUT2D eigenvalue weighted by molar-refractivity contribution is -0.171. The number of aliphatic carboxylic acids is 1. The van der Waals surface area contributed by atoms with Gasteiger partial charge in [-0.3, -0.25) is 4.79 Å². The van der Waals surface area contributed by atoms with Crippen molar-refractivity contribution in [1.82, 2.24) is 0 Å². The van der Waals surface area contributed by atoms with Crippen molar-refractivity contribution in [2.75, 3.05) is 13.2 Å². The molecule has 0 heterocycles. The Balaban J connectivity index is 2.79. The van der Waals surface area contributed by atoms with Gasteiger partial charge in [-0.15, -0.1) is 0 Å². The van der Waals surface area contributed by atoms with Gasteiger partial charge in [0.15, 0.2) is 0 Å². The van der Waals surface area contributed by atoms with Crippen molar-refractivity contribution in [2.45, 2.75) is 70.7 Å². The van der Waals surface area contributed by atoms with Crippen LogP contribution in [0.15, 0.2) is 0 Å². The van der Waals surface area contributed by atoms with E-state index in [0.29, 0.717) is 19.6 Å². The van der Waals surface area contributed by atoms with Crippen LogP contribution >= 0.6 is 0 Å². The molecule has 134 valence electrons. The van der Waals surface area contributed by atoms with E-state index in [2.05, 4.69) is 6.92 Å². The minimum Gasteiger partial charge on any atom is -0.481 e. The molecule has 0 aliphatic heterocycles. The maximum absolute atomic E-state index is 11.6. The summed E-state index contributed by atoms with van der Waals surface area (Å²) in [5.41, 5.74) is 5.06. The minimum absolute atomic E-state index is 0.197. The number of amides is 1. The molecule has 0 aromatic heterocycles. The Morgan fingerprint density at radius 1 is 1.09 bits per heavy atom. The van der Waals surface area contributed by atoms with E-state index in [1.54, 1.807) is 0 Å². The Morgan fingerprint density at radius 3 is 2.22 bits per heavy atom. The molecule has 0 bridgehead atoms. The molecule has 1 rings (SSSR count). The first-order chi connectivity index (χ1) is 11.0. The summed E-state index contributed by atoms with van der Waals surface area (Å²) in [4.78, 5) is 22.6. The van der Waals surface area contributed by atoms with E-state index in [9.17, 15) is 14.7 Å². The molecule has 1 fully saturated rings. The highest BCUT2D eigenvalue weighted by Gasteiger charge is 2.44. The Kier molecular flexibility index (Phi) is 8.94. The second kappa shape index (κ2) is 10.4. The molecule has 7 nitrogen and oxygen atoms in total. The van der Waals surface area contributed by atoms with Crippen molar-refractivity contribution in [3.63, 3.8) is 0 Å². The van der Waals surface area contributed by atoms with Crippen LogP contribution in [0, 0.1) is 5.92 Å². The van der Waals surface area contributed by atoms with Crippen molar-refractivity contribution >= 4 is 12.1 Å². The van der Waals surface area contributed by atoms with Crippen LogP contribution in [0.4, 0.5) is 4.79 Å². The molecule has 0 unspecified atom stereocenters. The first kappa shape index (κ1) is 19.7. The molecule has 4 atom stereocenters. The van der Waals surface area contributed by atoms with Gasteiger partial charge >= 0.3 is 12.1 Å². The number of carbonyl (C=O) groups is 2. The van der Waals surface area contributed by atoms with Crippen LogP contribution in [0.5, 0.6) is 0 Å². The van der Waals surface area contributed by atoms with E-state index < -0.39 is 36.3 Å². The van der Waals surface area contributed by atoms with Gasteiger partial charge < -0.3 is 25.1 Å². The number of primary amides is 1. The molecule has 1 aliphatic carbocycles. The monoisotopic (exact) mass is 331 g/mol. The first-order valence-corrected chi connectivity index (χ1v) is 8.41. The molecule has 1 saturated carbocycles. The Morgan fingerprint density at radius 2 is 1.70 bits per heavy atom. The lowest BCUT2D eigenvalue weighted by atomic mass is 9.82. The molecular formula is C16H29NO6. The first-order valence-electron chi connectivity index (χ1n) is 8.41. The topological polar surface area (TPSA) is 108 Å². The summed E-state index contributed by atoms with van der Waals surface area (Å²) in [6, 6.07) is 0. The quantitative estimate of drug-likeness (QED) is 0.595. The summed E-state index contributed by atoms with van der Waals surface area (Å²) in [7, 11) is 0. The van der Waals surface area contributed by atoms with Gasteiger partial charge in [-0.1, -0.05) is 26.7 Å². The predicted octanol–water partition coefficient (Wildman–Crippen LogP) is 2.32. The van der Waals surface area contributed by atoms with E-state index in [-0.39, 0.29) is 6.42 Å². The molecule has 0 aromatic carbocycles. The molecule has 7 heteroatoms. The van der Waals surface area contributed by atoms with Gasteiger partial charge in [-0.05, 0) is 12.8 Å². The number of unbranched alkanes of at least 4 members (excludes halogenated alkanes) is 2. The average Bonchev–Trinajstić information content (AvgIpc) is 2.48. The van der Waals surface area contributed by atoms with Crippen LogP contribution in [0.25, 0.3) is 0 Å². The largest absolute Gasteiger partial charge is 0.481 e. The second-order valence-corrected chi connectivity index (χ2v) is 5.93. The minimum atomic E-state index is -0.964. The lowest BCUT2D eigenvalue weighted by Gasteiger charge is -2.39. The van der Waals surface area contributed by atoms with Gasteiger partial charge in [-0.25, -0.2) is 4.79 Å². The maximum Gasteiger partial charge on any atom is 0.404 e. The smallest absolute Gasteiger partial charge is 0.404 e. The number of carboxylic acid groups (broad SMARTS) is 1. The highest BCUT2D eigenvalue weighted by Crippen LogP contribution is 2.32. The summed E-state index contributed by atoms with van der Waals surface area (Å²) in [6.07, 6.45) is 1.94. The van der Waals surface area contributed by atoms with Crippen molar-refractivity contribution in [2.24, 2.45) is 11.7 Å². The van der Waals surface area contributed by atoms with Crippen molar-refractivity contribution in [1.29, 1.82) is 0 Å². The Labute approximate surface area is 137 Å². The Bertz CT molecular complexity index is 376. The predicted molar refractivity (Wildman–Crippen MR) is 84.1 cm³/mol. The number of carboxylic acids is 1. The third-order valence-corrected chi connectivity index (χ3v) is 4.01. The molecule has 1 amide bonds. The van der Waals surface area contributed by atoms with E-state index in [0.717, 1.165) is 25.7 Å². The van der Waals surface area contributed by atoms with Crippen LogP contribution < -0.4 is 5.73 Å². The summed E-state index contributed by atoms with van der Waals surface area (Å²) < 4.78 is 16.7. The van der Waals surface area contributed by atoms with Gasteiger partial charge in [0, 0.05) is 26.1 Å². The molecule has 23 heavy (non-hydrogen) atoms. The van der Waals surface area contributed by atoms with E-state index in [4.69, 9.17) is 19.9 Å². The fraction of sp³-hybridized carbons (Fsp3) is 0.875. The van der Waals surface area contributed by atoms with E-state index in [1.165, 1.54) is 0 Å². The zero-order chi connectivity index (χ0) is 17.2. The van der Waals surface area contributed by atoms with Crippen LogP contribution in [0.2, 0.25) is 0 Å². The zero-order valence-corrected chi connectivity index (χ0v) is 14.0. The molecule has 1 aliphatic rings.